The summed E-state index contributed by atoms with van der Waals surface area (Å²) in [5.41, 5.74) is -0.160. The van der Waals surface area contributed by atoms with Crippen LogP contribution in [0.1, 0.15) is 31.1 Å². The van der Waals surface area contributed by atoms with Gasteiger partial charge in [-0.2, -0.15) is 0 Å². The van der Waals surface area contributed by atoms with Gasteiger partial charge in [0, 0.05) is 17.6 Å². The monoisotopic (exact) mass is 317 g/mol. The highest BCUT2D eigenvalue weighted by Crippen LogP contribution is 2.18. The summed E-state index contributed by atoms with van der Waals surface area (Å²) in [6, 6.07) is 4.01. The zero-order chi connectivity index (χ0) is 13.8. The SMILES string of the molecule is CCOC(C)(C)CNC(=O)c1cc(F)ccc1Br. The Hall–Kier alpha value is -0.940. The molecule has 0 aliphatic carbocycles. The van der Waals surface area contributed by atoms with E-state index in [4.69, 9.17) is 4.74 Å². The summed E-state index contributed by atoms with van der Waals surface area (Å²) in [6.07, 6.45) is 0. The fourth-order valence-electron chi connectivity index (χ4n) is 1.50. The maximum absolute atomic E-state index is 13.1. The van der Waals surface area contributed by atoms with E-state index in [1.165, 1.54) is 18.2 Å². The van der Waals surface area contributed by atoms with E-state index in [0.29, 0.717) is 17.6 Å². The lowest BCUT2D eigenvalue weighted by Gasteiger charge is -2.25. The Labute approximate surface area is 115 Å². The van der Waals surface area contributed by atoms with E-state index in [0.717, 1.165) is 0 Å². The highest BCUT2D eigenvalue weighted by Gasteiger charge is 2.20. The minimum absolute atomic E-state index is 0.280. The first kappa shape index (κ1) is 15.1. The zero-order valence-corrected chi connectivity index (χ0v) is 12.3. The lowest BCUT2D eigenvalue weighted by molar-refractivity contribution is -0.00816. The molecule has 0 spiro atoms. The van der Waals surface area contributed by atoms with Crippen LogP contribution >= 0.6 is 15.9 Å². The molecule has 0 saturated carbocycles. The third kappa shape index (κ3) is 4.38. The lowest BCUT2D eigenvalue weighted by Crippen LogP contribution is -2.40. The third-order valence-electron chi connectivity index (χ3n) is 2.38. The van der Waals surface area contributed by atoms with Crippen LogP contribution in [-0.4, -0.2) is 24.7 Å². The van der Waals surface area contributed by atoms with Crippen molar-refractivity contribution in [3.63, 3.8) is 0 Å². The van der Waals surface area contributed by atoms with Gasteiger partial charge in [0.25, 0.3) is 5.91 Å². The fourth-order valence-corrected chi connectivity index (χ4v) is 1.93. The number of benzene rings is 1. The van der Waals surface area contributed by atoms with Gasteiger partial charge < -0.3 is 10.1 Å². The second kappa shape index (κ2) is 6.29. The van der Waals surface area contributed by atoms with Crippen LogP contribution < -0.4 is 5.32 Å². The van der Waals surface area contributed by atoms with Crippen molar-refractivity contribution in [2.45, 2.75) is 26.4 Å². The number of nitrogens with one attached hydrogen (secondary N) is 1. The minimum Gasteiger partial charge on any atom is -0.374 e. The maximum Gasteiger partial charge on any atom is 0.252 e. The molecule has 18 heavy (non-hydrogen) atoms. The number of amides is 1. The number of rotatable bonds is 5. The molecule has 100 valence electrons. The lowest BCUT2D eigenvalue weighted by atomic mass is 10.1. The number of halogens is 2. The first-order valence-corrected chi connectivity index (χ1v) is 6.52. The second-order valence-electron chi connectivity index (χ2n) is 4.50. The molecule has 1 amide bonds. The van der Waals surface area contributed by atoms with Gasteiger partial charge >= 0.3 is 0 Å². The Morgan fingerprint density at radius 1 is 1.50 bits per heavy atom. The Morgan fingerprint density at radius 3 is 2.78 bits per heavy atom. The van der Waals surface area contributed by atoms with Crippen LogP contribution in [0.3, 0.4) is 0 Å². The molecule has 0 fully saturated rings. The van der Waals surface area contributed by atoms with Crippen molar-refractivity contribution in [2.75, 3.05) is 13.2 Å². The molecule has 1 aromatic carbocycles. The molecular formula is C13H17BrFNO2. The zero-order valence-electron chi connectivity index (χ0n) is 10.7. The average Bonchev–Trinajstić information content (AvgIpc) is 2.29. The Balaban J connectivity index is 2.69. The molecule has 1 rings (SSSR count). The molecule has 0 radical (unpaired) electrons. The Kier molecular flexibility index (Phi) is 5.28. The molecule has 5 heteroatoms. The second-order valence-corrected chi connectivity index (χ2v) is 5.35. The van der Waals surface area contributed by atoms with Crippen molar-refractivity contribution in [3.8, 4) is 0 Å². The first-order chi connectivity index (χ1) is 8.35. The summed E-state index contributed by atoms with van der Waals surface area (Å²) in [7, 11) is 0. The van der Waals surface area contributed by atoms with E-state index in [9.17, 15) is 9.18 Å². The summed E-state index contributed by atoms with van der Waals surface area (Å²) < 4.78 is 19.1. The van der Waals surface area contributed by atoms with Gasteiger partial charge in [-0.1, -0.05) is 0 Å². The van der Waals surface area contributed by atoms with Crippen LogP contribution in [0.2, 0.25) is 0 Å². The maximum atomic E-state index is 13.1. The smallest absolute Gasteiger partial charge is 0.252 e. The predicted octanol–water partition coefficient (Wildman–Crippen LogP) is 3.13. The molecule has 0 aromatic heterocycles. The van der Waals surface area contributed by atoms with Crippen molar-refractivity contribution in [1.29, 1.82) is 0 Å². The van der Waals surface area contributed by atoms with E-state index in [2.05, 4.69) is 21.2 Å². The number of carbonyl (C=O) groups is 1. The largest absolute Gasteiger partial charge is 0.374 e. The molecule has 0 aliphatic rings. The van der Waals surface area contributed by atoms with Gasteiger partial charge in [-0.15, -0.1) is 0 Å². The average molecular weight is 318 g/mol. The highest BCUT2D eigenvalue weighted by atomic mass is 79.9. The number of hydrogen-bond acceptors (Lipinski definition) is 2. The van der Waals surface area contributed by atoms with Crippen LogP contribution in [0.5, 0.6) is 0 Å². The molecular weight excluding hydrogens is 301 g/mol. The van der Waals surface area contributed by atoms with Crippen molar-refractivity contribution in [3.05, 3.63) is 34.1 Å². The summed E-state index contributed by atoms with van der Waals surface area (Å²) in [4.78, 5) is 11.9. The number of hydrogen-bond donors (Lipinski definition) is 1. The molecule has 0 aliphatic heterocycles. The third-order valence-corrected chi connectivity index (χ3v) is 3.07. The van der Waals surface area contributed by atoms with Gasteiger partial charge in [0.05, 0.1) is 11.2 Å². The molecule has 0 atom stereocenters. The van der Waals surface area contributed by atoms with Crippen molar-refractivity contribution >= 4 is 21.8 Å². The van der Waals surface area contributed by atoms with Gasteiger partial charge in [0.15, 0.2) is 0 Å². The molecule has 0 bridgehead atoms. The molecule has 0 unspecified atom stereocenters. The highest BCUT2D eigenvalue weighted by molar-refractivity contribution is 9.10. The van der Waals surface area contributed by atoms with Crippen molar-refractivity contribution < 1.29 is 13.9 Å². The van der Waals surface area contributed by atoms with Crippen LogP contribution in [0.4, 0.5) is 4.39 Å². The quantitative estimate of drug-likeness (QED) is 0.906. The van der Waals surface area contributed by atoms with Crippen molar-refractivity contribution in [2.24, 2.45) is 0 Å². The normalized spacial score (nSPS) is 11.4. The predicted molar refractivity (Wildman–Crippen MR) is 72.1 cm³/mol. The van der Waals surface area contributed by atoms with Crippen molar-refractivity contribution in [1.82, 2.24) is 5.32 Å². The molecule has 1 N–H and O–H groups in total. The van der Waals surface area contributed by atoms with Gasteiger partial charge in [0.1, 0.15) is 5.82 Å². The standard InChI is InChI=1S/C13H17BrFNO2/c1-4-18-13(2,3)8-16-12(17)10-7-9(15)5-6-11(10)14/h5-7H,4,8H2,1-3H3,(H,16,17). The fraction of sp³-hybridized carbons (Fsp3) is 0.462. The molecule has 3 nitrogen and oxygen atoms in total. The van der Waals surface area contributed by atoms with Gasteiger partial charge in [-0.05, 0) is 54.9 Å². The Morgan fingerprint density at radius 2 is 2.17 bits per heavy atom. The van der Waals surface area contributed by atoms with Gasteiger partial charge in [-0.3, -0.25) is 4.79 Å². The van der Waals surface area contributed by atoms with Crippen LogP contribution in [0, 0.1) is 5.82 Å². The van der Waals surface area contributed by atoms with Crippen LogP contribution in [0.25, 0.3) is 0 Å². The van der Waals surface area contributed by atoms with Gasteiger partial charge in [-0.25, -0.2) is 4.39 Å². The molecule has 0 saturated heterocycles. The van der Waals surface area contributed by atoms with Crippen LogP contribution in [0.15, 0.2) is 22.7 Å². The van der Waals surface area contributed by atoms with E-state index < -0.39 is 11.4 Å². The van der Waals surface area contributed by atoms with E-state index in [1.807, 2.05) is 20.8 Å². The summed E-state index contributed by atoms with van der Waals surface area (Å²) in [6.45, 7) is 6.61. The van der Waals surface area contributed by atoms with E-state index in [1.54, 1.807) is 0 Å². The molecule has 1 aromatic rings. The van der Waals surface area contributed by atoms with Gasteiger partial charge in [0.2, 0.25) is 0 Å². The van der Waals surface area contributed by atoms with E-state index >= 15 is 0 Å². The van der Waals surface area contributed by atoms with Crippen LogP contribution in [-0.2, 0) is 4.74 Å². The minimum atomic E-state index is -0.440. The van der Waals surface area contributed by atoms with E-state index in [-0.39, 0.29) is 11.5 Å². The molecule has 0 heterocycles. The Bertz CT molecular complexity index is 435. The number of carbonyl (C=O) groups excluding carboxylic acids is 1. The number of ether oxygens (including phenoxy) is 1. The summed E-state index contributed by atoms with van der Waals surface area (Å²) in [5, 5.41) is 2.73. The summed E-state index contributed by atoms with van der Waals surface area (Å²) in [5.74, 6) is -0.762. The topological polar surface area (TPSA) is 38.3 Å². The first-order valence-electron chi connectivity index (χ1n) is 5.73. The summed E-state index contributed by atoms with van der Waals surface area (Å²) >= 11 is 3.22.